The summed E-state index contributed by atoms with van der Waals surface area (Å²) < 4.78 is 5.32. The van der Waals surface area contributed by atoms with Gasteiger partial charge in [-0.15, -0.1) is 0 Å². The van der Waals surface area contributed by atoms with Gasteiger partial charge in [-0.3, -0.25) is 4.98 Å². The number of esters is 1. The normalized spacial score (nSPS) is 13.4. The molecule has 0 spiro atoms. The fourth-order valence-electron chi connectivity index (χ4n) is 1.88. The van der Waals surface area contributed by atoms with E-state index in [1.54, 1.807) is 18.5 Å². The van der Waals surface area contributed by atoms with Crippen molar-refractivity contribution in [2.24, 2.45) is 0 Å². The third-order valence-corrected chi connectivity index (χ3v) is 2.68. The zero-order valence-electron chi connectivity index (χ0n) is 8.51. The van der Waals surface area contributed by atoms with Gasteiger partial charge in [-0.05, 0) is 23.3 Å². The SMILES string of the molecule is O=C1Oc2ccccc2Cc2cnccc21. The second-order valence-electron chi connectivity index (χ2n) is 3.71. The van der Waals surface area contributed by atoms with E-state index in [0.29, 0.717) is 17.7 Å². The zero-order valence-corrected chi connectivity index (χ0v) is 8.51. The maximum atomic E-state index is 11.8. The van der Waals surface area contributed by atoms with E-state index in [1.165, 1.54) is 0 Å². The molecule has 0 radical (unpaired) electrons. The molecule has 0 atom stereocenters. The Morgan fingerprint density at radius 1 is 1.12 bits per heavy atom. The Morgan fingerprint density at radius 3 is 2.94 bits per heavy atom. The lowest BCUT2D eigenvalue weighted by atomic mass is 10.0. The number of hydrogen-bond donors (Lipinski definition) is 0. The predicted octanol–water partition coefficient (Wildman–Crippen LogP) is 2.21. The molecule has 3 heteroatoms. The molecule has 3 nitrogen and oxygen atoms in total. The van der Waals surface area contributed by atoms with Crippen LogP contribution in [-0.2, 0) is 6.42 Å². The quantitative estimate of drug-likeness (QED) is 0.495. The van der Waals surface area contributed by atoms with E-state index in [1.807, 2.05) is 24.3 Å². The summed E-state index contributed by atoms with van der Waals surface area (Å²) in [5.74, 6) is 0.339. The Kier molecular flexibility index (Phi) is 1.96. The number of rotatable bonds is 0. The van der Waals surface area contributed by atoms with Crippen LogP contribution in [0, 0.1) is 0 Å². The first-order valence-electron chi connectivity index (χ1n) is 5.07. The standard InChI is InChI=1S/C13H9NO2/c15-13-11-5-6-14-8-10(11)7-9-3-1-2-4-12(9)16-13/h1-6,8H,7H2. The summed E-state index contributed by atoms with van der Waals surface area (Å²) in [6.07, 6.45) is 4.01. The molecule has 2 aromatic rings. The molecular formula is C13H9NO2. The van der Waals surface area contributed by atoms with Crippen LogP contribution in [0.2, 0.25) is 0 Å². The van der Waals surface area contributed by atoms with Crippen LogP contribution < -0.4 is 4.74 Å². The van der Waals surface area contributed by atoms with E-state index in [-0.39, 0.29) is 5.97 Å². The summed E-state index contributed by atoms with van der Waals surface area (Å²) in [7, 11) is 0. The highest BCUT2D eigenvalue weighted by atomic mass is 16.5. The van der Waals surface area contributed by atoms with Crippen molar-refractivity contribution in [3.63, 3.8) is 0 Å². The van der Waals surface area contributed by atoms with E-state index in [9.17, 15) is 4.79 Å². The number of ether oxygens (including phenoxy) is 1. The lowest BCUT2D eigenvalue weighted by molar-refractivity contribution is 0.0735. The van der Waals surface area contributed by atoms with Gasteiger partial charge in [0.25, 0.3) is 0 Å². The largest absolute Gasteiger partial charge is 0.423 e. The molecule has 0 bridgehead atoms. The van der Waals surface area contributed by atoms with Crippen LogP contribution in [0.25, 0.3) is 0 Å². The van der Waals surface area contributed by atoms with Crippen LogP contribution in [0.4, 0.5) is 0 Å². The molecule has 0 fully saturated rings. The highest BCUT2D eigenvalue weighted by Gasteiger charge is 2.20. The molecule has 1 aliphatic rings. The van der Waals surface area contributed by atoms with Crippen LogP contribution in [-0.4, -0.2) is 11.0 Å². The number of nitrogens with zero attached hydrogens (tertiary/aromatic N) is 1. The minimum absolute atomic E-state index is 0.303. The number of fused-ring (bicyclic) bond motifs is 2. The third kappa shape index (κ3) is 1.37. The topological polar surface area (TPSA) is 39.2 Å². The van der Waals surface area contributed by atoms with Gasteiger partial charge >= 0.3 is 5.97 Å². The van der Waals surface area contributed by atoms with Crippen LogP contribution in [0.1, 0.15) is 21.5 Å². The van der Waals surface area contributed by atoms with Gasteiger partial charge in [0.15, 0.2) is 0 Å². The monoisotopic (exact) mass is 211 g/mol. The van der Waals surface area contributed by atoms with E-state index in [0.717, 1.165) is 11.1 Å². The average molecular weight is 211 g/mol. The minimum Gasteiger partial charge on any atom is -0.423 e. The van der Waals surface area contributed by atoms with Crippen molar-refractivity contribution in [3.05, 3.63) is 59.4 Å². The van der Waals surface area contributed by atoms with Gasteiger partial charge in [0.05, 0.1) is 5.56 Å². The Hall–Kier alpha value is -2.16. The minimum atomic E-state index is -0.303. The first-order chi connectivity index (χ1) is 7.84. The van der Waals surface area contributed by atoms with E-state index >= 15 is 0 Å². The number of aromatic nitrogens is 1. The van der Waals surface area contributed by atoms with Gasteiger partial charge in [0, 0.05) is 18.8 Å². The smallest absolute Gasteiger partial charge is 0.343 e. The summed E-state index contributed by atoms with van der Waals surface area (Å²) >= 11 is 0. The number of benzene rings is 1. The molecule has 0 aliphatic carbocycles. The van der Waals surface area contributed by atoms with Gasteiger partial charge in [0.2, 0.25) is 0 Å². The molecule has 1 aliphatic heterocycles. The molecule has 2 heterocycles. The summed E-state index contributed by atoms with van der Waals surface area (Å²) in [6, 6.07) is 9.27. The zero-order chi connectivity index (χ0) is 11.0. The molecule has 0 saturated heterocycles. The molecule has 0 N–H and O–H groups in total. The molecule has 0 amide bonds. The molecule has 0 saturated carbocycles. The number of carbonyl (C=O) groups is 1. The third-order valence-electron chi connectivity index (χ3n) is 2.68. The number of hydrogen-bond acceptors (Lipinski definition) is 3. The lowest BCUT2D eigenvalue weighted by Crippen LogP contribution is -2.08. The van der Waals surface area contributed by atoms with Gasteiger partial charge in [-0.25, -0.2) is 4.79 Å². The number of para-hydroxylation sites is 1. The highest BCUT2D eigenvalue weighted by molar-refractivity contribution is 5.93. The highest BCUT2D eigenvalue weighted by Crippen LogP contribution is 2.27. The fourth-order valence-corrected chi connectivity index (χ4v) is 1.88. The Balaban J connectivity index is 2.18. The predicted molar refractivity (Wildman–Crippen MR) is 58.4 cm³/mol. The molecule has 0 unspecified atom stereocenters. The van der Waals surface area contributed by atoms with Crippen molar-refractivity contribution < 1.29 is 9.53 Å². The Bertz CT molecular complexity index is 563. The lowest BCUT2D eigenvalue weighted by Gasteiger charge is -2.03. The van der Waals surface area contributed by atoms with Crippen LogP contribution in [0.5, 0.6) is 5.75 Å². The van der Waals surface area contributed by atoms with Crippen molar-refractivity contribution in [3.8, 4) is 5.75 Å². The summed E-state index contributed by atoms with van der Waals surface area (Å²) in [5, 5.41) is 0. The van der Waals surface area contributed by atoms with Crippen molar-refractivity contribution in [1.29, 1.82) is 0 Å². The molecule has 1 aromatic carbocycles. The summed E-state index contributed by atoms with van der Waals surface area (Å²) in [5.41, 5.74) is 2.53. The molecule has 78 valence electrons. The first kappa shape index (κ1) is 9.09. The first-order valence-corrected chi connectivity index (χ1v) is 5.07. The number of pyridine rings is 1. The van der Waals surface area contributed by atoms with Crippen molar-refractivity contribution >= 4 is 5.97 Å². The van der Waals surface area contributed by atoms with Gasteiger partial charge in [0.1, 0.15) is 5.75 Å². The number of carbonyl (C=O) groups excluding carboxylic acids is 1. The van der Waals surface area contributed by atoms with Crippen molar-refractivity contribution in [2.75, 3.05) is 0 Å². The maximum absolute atomic E-state index is 11.8. The summed E-state index contributed by atoms with van der Waals surface area (Å²) in [4.78, 5) is 15.9. The molecule has 16 heavy (non-hydrogen) atoms. The molecule has 1 aromatic heterocycles. The molecule has 3 rings (SSSR count). The van der Waals surface area contributed by atoms with Gasteiger partial charge in [-0.1, -0.05) is 18.2 Å². The maximum Gasteiger partial charge on any atom is 0.343 e. The van der Waals surface area contributed by atoms with E-state index in [4.69, 9.17) is 4.74 Å². The van der Waals surface area contributed by atoms with Gasteiger partial charge in [-0.2, -0.15) is 0 Å². The van der Waals surface area contributed by atoms with Gasteiger partial charge < -0.3 is 4.74 Å². The molecular weight excluding hydrogens is 202 g/mol. The second-order valence-corrected chi connectivity index (χ2v) is 3.71. The van der Waals surface area contributed by atoms with E-state index < -0.39 is 0 Å². The van der Waals surface area contributed by atoms with Crippen LogP contribution in [0.15, 0.2) is 42.7 Å². The Morgan fingerprint density at radius 2 is 2.00 bits per heavy atom. The van der Waals surface area contributed by atoms with Crippen molar-refractivity contribution in [1.82, 2.24) is 4.98 Å². The van der Waals surface area contributed by atoms with Crippen molar-refractivity contribution in [2.45, 2.75) is 6.42 Å². The average Bonchev–Trinajstić information content (AvgIpc) is 2.45. The fraction of sp³-hybridized carbons (Fsp3) is 0.0769. The van der Waals surface area contributed by atoms with Crippen LogP contribution >= 0.6 is 0 Å². The second kappa shape index (κ2) is 3.45. The Labute approximate surface area is 92.7 Å². The van der Waals surface area contributed by atoms with Crippen LogP contribution in [0.3, 0.4) is 0 Å². The van der Waals surface area contributed by atoms with E-state index in [2.05, 4.69) is 4.98 Å². The summed E-state index contributed by atoms with van der Waals surface area (Å²) in [6.45, 7) is 0.